The van der Waals surface area contributed by atoms with Gasteiger partial charge in [0.15, 0.2) is 0 Å². The largest absolute Gasteiger partial charge is 0.480 e. The minimum absolute atomic E-state index is 0.230. The van der Waals surface area contributed by atoms with E-state index in [0.29, 0.717) is 12.3 Å². The van der Waals surface area contributed by atoms with Crippen molar-refractivity contribution in [2.45, 2.75) is 51.1 Å². The van der Waals surface area contributed by atoms with Crippen molar-refractivity contribution < 1.29 is 14.7 Å². The standard InChI is InChI=1S/C14H26N2O3S/c1-10-5-4-6-11(9-10)16(2)14(19)15-12(13(17)18)7-8-20-3/h10-12H,4-9H2,1-3H3,(H,15,19)(H,17,18). The van der Waals surface area contributed by atoms with Crippen molar-refractivity contribution in [3.63, 3.8) is 0 Å². The molecule has 0 spiro atoms. The summed E-state index contributed by atoms with van der Waals surface area (Å²) in [5.74, 6) is 0.398. The lowest BCUT2D eigenvalue weighted by atomic mass is 9.86. The fraction of sp³-hybridized carbons (Fsp3) is 0.857. The Morgan fingerprint density at radius 3 is 2.70 bits per heavy atom. The molecule has 0 saturated heterocycles. The number of carbonyl (C=O) groups excluding carboxylic acids is 1. The van der Waals surface area contributed by atoms with Gasteiger partial charge in [0.05, 0.1) is 0 Å². The van der Waals surface area contributed by atoms with Crippen molar-refractivity contribution >= 4 is 23.8 Å². The van der Waals surface area contributed by atoms with E-state index in [1.54, 1.807) is 23.7 Å². The molecule has 0 aromatic carbocycles. The maximum absolute atomic E-state index is 12.2. The molecule has 1 aliphatic carbocycles. The first-order valence-electron chi connectivity index (χ1n) is 7.20. The van der Waals surface area contributed by atoms with Gasteiger partial charge in [0, 0.05) is 13.1 Å². The highest BCUT2D eigenvalue weighted by Gasteiger charge is 2.28. The minimum atomic E-state index is -0.960. The van der Waals surface area contributed by atoms with Gasteiger partial charge in [-0.25, -0.2) is 9.59 Å². The van der Waals surface area contributed by atoms with E-state index in [9.17, 15) is 9.59 Å². The van der Waals surface area contributed by atoms with Crippen LogP contribution in [-0.4, -0.2) is 53.1 Å². The number of rotatable bonds is 6. The number of carbonyl (C=O) groups is 2. The van der Waals surface area contributed by atoms with Crippen LogP contribution in [0.3, 0.4) is 0 Å². The third-order valence-corrected chi connectivity index (χ3v) is 4.63. The molecule has 1 saturated carbocycles. The Kier molecular flexibility index (Phi) is 7.19. The van der Waals surface area contributed by atoms with Crippen molar-refractivity contribution in [3.05, 3.63) is 0 Å². The Hall–Kier alpha value is -0.910. The Morgan fingerprint density at radius 1 is 1.45 bits per heavy atom. The van der Waals surface area contributed by atoms with E-state index in [2.05, 4.69) is 12.2 Å². The summed E-state index contributed by atoms with van der Waals surface area (Å²) in [4.78, 5) is 25.0. The highest BCUT2D eigenvalue weighted by atomic mass is 32.2. The number of amides is 2. The number of thioether (sulfide) groups is 1. The second-order valence-electron chi connectivity index (χ2n) is 5.66. The molecule has 1 aliphatic rings. The first-order chi connectivity index (χ1) is 9.45. The SMILES string of the molecule is CSCCC(NC(=O)N(C)C1CCCC(C)C1)C(=O)O. The number of hydrogen-bond acceptors (Lipinski definition) is 3. The summed E-state index contributed by atoms with van der Waals surface area (Å²) < 4.78 is 0. The molecule has 6 heteroatoms. The zero-order valence-electron chi connectivity index (χ0n) is 12.6. The summed E-state index contributed by atoms with van der Waals surface area (Å²) >= 11 is 1.58. The fourth-order valence-electron chi connectivity index (χ4n) is 2.66. The maximum Gasteiger partial charge on any atom is 0.326 e. The van der Waals surface area contributed by atoms with Gasteiger partial charge in [-0.2, -0.15) is 11.8 Å². The van der Waals surface area contributed by atoms with Crippen molar-refractivity contribution in [1.82, 2.24) is 10.2 Å². The van der Waals surface area contributed by atoms with Crippen LogP contribution in [0.2, 0.25) is 0 Å². The van der Waals surface area contributed by atoms with Gasteiger partial charge in [0.2, 0.25) is 0 Å². The molecule has 1 rings (SSSR count). The van der Waals surface area contributed by atoms with E-state index in [0.717, 1.165) is 25.0 Å². The lowest BCUT2D eigenvalue weighted by Crippen LogP contribution is -2.50. The van der Waals surface area contributed by atoms with Crippen LogP contribution in [0.5, 0.6) is 0 Å². The molecule has 0 aromatic rings. The number of nitrogens with zero attached hydrogens (tertiary/aromatic N) is 1. The summed E-state index contributed by atoms with van der Waals surface area (Å²) in [6.45, 7) is 2.20. The summed E-state index contributed by atoms with van der Waals surface area (Å²) in [6.07, 6.45) is 6.76. The second kappa shape index (κ2) is 8.39. The third kappa shape index (κ3) is 5.23. The molecule has 1 fully saturated rings. The molecule has 2 N–H and O–H groups in total. The predicted molar refractivity (Wildman–Crippen MR) is 82.1 cm³/mol. The van der Waals surface area contributed by atoms with Gasteiger partial charge in [-0.15, -0.1) is 0 Å². The van der Waals surface area contributed by atoms with Gasteiger partial charge in [0.1, 0.15) is 6.04 Å². The molecule has 0 bridgehead atoms. The normalized spacial score (nSPS) is 23.9. The molecular formula is C14H26N2O3S. The lowest BCUT2D eigenvalue weighted by molar-refractivity contribution is -0.139. The van der Waals surface area contributed by atoms with Gasteiger partial charge in [-0.05, 0) is 37.2 Å². The number of aliphatic carboxylic acids is 1. The minimum Gasteiger partial charge on any atom is -0.480 e. The average Bonchev–Trinajstić information content (AvgIpc) is 2.42. The predicted octanol–water partition coefficient (Wildman–Crippen LogP) is 2.41. The summed E-state index contributed by atoms with van der Waals surface area (Å²) in [5.41, 5.74) is 0. The van der Waals surface area contributed by atoms with Crippen LogP contribution >= 0.6 is 11.8 Å². The maximum atomic E-state index is 12.2. The first-order valence-corrected chi connectivity index (χ1v) is 8.60. The van der Waals surface area contributed by atoms with Gasteiger partial charge in [0.25, 0.3) is 0 Å². The molecule has 0 aromatic heterocycles. The Morgan fingerprint density at radius 2 is 2.15 bits per heavy atom. The number of carboxylic acid groups (broad SMARTS) is 1. The van der Waals surface area contributed by atoms with Gasteiger partial charge in [-0.3, -0.25) is 0 Å². The molecular weight excluding hydrogens is 276 g/mol. The number of urea groups is 1. The smallest absolute Gasteiger partial charge is 0.326 e. The zero-order valence-corrected chi connectivity index (χ0v) is 13.4. The summed E-state index contributed by atoms with van der Waals surface area (Å²) in [5, 5.41) is 11.8. The average molecular weight is 302 g/mol. The van der Waals surface area contributed by atoms with E-state index >= 15 is 0 Å². The fourth-order valence-corrected chi connectivity index (χ4v) is 3.14. The first kappa shape index (κ1) is 17.1. The van der Waals surface area contributed by atoms with Crippen LogP contribution in [0.4, 0.5) is 4.79 Å². The highest BCUT2D eigenvalue weighted by molar-refractivity contribution is 7.98. The monoisotopic (exact) mass is 302 g/mol. The molecule has 2 amide bonds. The molecule has 20 heavy (non-hydrogen) atoms. The van der Waals surface area contributed by atoms with E-state index < -0.39 is 12.0 Å². The van der Waals surface area contributed by atoms with Gasteiger partial charge >= 0.3 is 12.0 Å². The van der Waals surface area contributed by atoms with Gasteiger partial charge < -0.3 is 15.3 Å². The summed E-state index contributed by atoms with van der Waals surface area (Å²) in [6, 6.07) is -0.829. The molecule has 0 aliphatic heterocycles. The van der Waals surface area contributed by atoms with Crippen LogP contribution in [0.15, 0.2) is 0 Å². The number of nitrogens with one attached hydrogen (secondary N) is 1. The molecule has 0 radical (unpaired) electrons. The topological polar surface area (TPSA) is 69.6 Å². The Balaban J connectivity index is 2.52. The molecule has 3 atom stereocenters. The molecule has 3 unspecified atom stereocenters. The van der Waals surface area contributed by atoms with Gasteiger partial charge in [-0.1, -0.05) is 19.8 Å². The van der Waals surface area contributed by atoms with E-state index in [1.165, 1.54) is 6.42 Å². The number of carboxylic acids is 1. The van der Waals surface area contributed by atoms with Crippen LogP contribution in [0, 0.1) is 5.92 Å². The second-order valence-corrected chi connectivity index (χ2v) is 6.64. The molecule has 116 valence electrons. The third-order valence-electron chi connectivity index (χ3n) is 3.98. The highest BCUT2D eigenvalue weighted by Crippen LogP contribution is 2.26. The molecule has 0 heterocycles. The van der Waals surface area contributed by atoms with Crippen molar-refractivity contribution in [2.75, 3.05) is 19.1 Å². The Bertz CT molecular complexity index is 338. The summed E-state index contributed by atoms with van der Waals surface area (Å²) in [7, 11) is 1.77. The Labute approximate surface area is 125 Å². The van der Waals surface area contributed by atoms with E-state index in [1.807, 2.05) is 6.26 Å². The van der Waals surface area contributed by atoms with Crippen LogP contribution in [0.1, 0.15) is 39.0 Å². The van der Waals surface area contributed by atoms with Crippen molar-refractivity contribution in [3.8, 4) is 0 Å². The van der Waals surface area contributed by atoms with E-state index in [-0.39, 0.29) is 12.1 Å². The quantitative estimate of drug-likeness (QED) is 0.790. The number of hydrogen-bond donors (Lipinski definition) is 2. The van der Waals surface area contributed by atoms with Crippen LogP contribution < -0.4 is 5.32 Å². The zero-order chi connectivity index (χ0) is 15.1. The van der Waals surface area contributed by atoms with Crippen LogP contribution in [-0.2, 0) is 4.79 Å². The van der Waals surface area contributed by atoms with Crippen molar-refractivity contribution in [2.24, 2.45) is 5.92 Å². The lowest BCUT2D eigenvalue weighted by Gasteiger charge is -2.34. The van der Waals surface area contributed by atoms with Crippen LogP contribution in [0.25, 0.3) is 0 Å². The van der Waals surface area contributed by atoms with Crippen molar-refractivity contribution in [1.29, 1.82) is 0 Å². The van der Waals surface area contributed by atoms with E-state index in [4.69, 9.17) is 5.11 Å². The molecule has 5 nitrogen and oxygen atoms in total.